The fraction of sp³-hybridized carbons (Fsp3) is 0.222. The lowest BCUT2D eigenvalue weighted by Gasteiger charge is -2.25. The molecule has 118 valence electrons. The Kier molecular flexibility index (Phi) is 3.66. The second-order valence-corrected chi connectivity index (χ2v) is 5.85. The van der Waals surface area contributed by atoms with Gasteiger partial charge in [-0.3, -0.25) is 9.59 Å². The third-order valence-corrected chi connectivity index (χ3v) is 4.21. The van der Waals surface area contributed by atoms with E-state index >= 15 is 0 Å². The number of imide groups is 1. The predicted molar refractivity (Wildman–Crippen MR) is 90.8 cm³/mol. The Morgan fingerprint density at radius 1 is 1.17 bits per heavy atom. The molecule has 0 unspecified atom stereocenters. The monoisotopic (exact) mass is 309 g/mol. The number of hydrogen-bond acceptors (Lipinski definition) is 4. The molecular formula is C18H19N3O2. The van der Waals surface area contributed by atoms with Crippen LogP contribution in [0, 0.1) is 0 Å². The number of rotatable bonds is 1. The molecule has 0 fully saturated rings. The molecule has 2 atom stereocenters. The average Bonchev–Trinajstić information content (AvgIpc) is 2.62. The summed E-state index contributed by atoms with van der Waals surface area (Å²) in [6, 6.07) is 12.1. The summed E-state index contributed by atoms with van der Waals surface area (Å²) in [6.45, 7) is 3.37. The largest absolute Gasteiger partial charge is 0.398 e. The Labute approximate surface area is 134 Å². The third-order valence-electron chi connectivity index (χ3n) is 4.21. The first-order chi connectivity index (χ1) is 10.9. The summed E-state index contributed by atoms with van der Waals surface area (Å²) < 4.78 is 0. The van der Waals surface area contributed by atoms with E-state index in [1.807, 2.05) is 24.3 Å². The van der Waals surface area contributed by atoms with E-state index in [1.54, 1.807) is 32.0 Å². The van der Waals surface area contributed by atoms with Crippen LogP contribution in [0.15, 0.2) is 42.5 Å². The number of nitrogen functional groups attached to an aromatic ring is 1. The summed E-state index contributed by atoms with van der Waals surface area (Å²) in [5, 5.41) is 0. The second kappa shape index (κ2) is 5.52. The molecular weight excluding hydrogens is 290 g/mol. The number of nitrogens with zero attached hydrogens (tertiary/aromatic N) is 1. The Morgan fingerprint density at radius 3 is 2.57 bits per heavy atom. The quantitative estimate of drug-likeness (QED) is 0.791. The van der Waals surface area contributed by atoms with Crippen LogP contribution in [0.1, 0.15) is 25.3 Å². The van der Waals surface area contributed by atoms with E-state index in [2.05, 4.69) is 0 Å². The molecule has 3 rings (SSSR count). The molecule has 5 nitrogen and oxygen atoms in total. The number of hydrogen-bond donors (Lipinski definition) is 2. The lowest BCUT2D eigenvalue weighted by Crippen LogP contribution is -2.46. The Morgan fingerprint density at radius 2 is 1.87 bits per heavy atom. The molecule has 2 amide bonds. The number of carbonyl (C=O) groups is 2. The minimum absolute atomic E-state index is 0.288. The van der Waals surface area contributed by atoms with E-state index in [4.69, 9.17) is 11.5 Å². The highest BCUT2D eigenvalue weighted by atomic mass is 16.2. The molecule has 1 aliphatic heterocycles. The minimum atomic E-state index is -0.776. The molecule has 2 aromatic carbocycles. The SMILES string of the molecule is C[C@H](N)C(=O)N1C(=O)[C@H](C)c2ccccc2-c2c(N)cccc21. The summed E-state index contributed by atoms with van der Waals surface area (Å²) in [4.78, 5) is 26.7. The first-order valence-corrected chi connectivity index (χ1v) is 7.54. The fourth-order valence-electron chi connectivity index (χ4n) is 3.02. The van der Waals surface area contributed by atoms with Crippen molar-refractivity contribution < 1.29 is 9.59 Å². The van der Waals surface area contributed by atoms with Crippen LogP contribution in [0.3, 0.4) is 0 Å². The first kappa shape index (κ1) is 15.2. The van der Waals surface area contributed by atoms with E-state index < -0.39 is 17.9 Å². The van der Waals surface area contributed by atoms with Crippen LogP contribution < -0.4 is 16.4 Å². The fourth-order valence-corrected chi connectivity index (χ4v) is 3.02. The van der Waals surface area contributed by atoms with Gasteiger partial charge in [0.05, 0.1) is 17.6 Å². The minimum Gasteiger partial charge on any atom is -0.398 e. The van der Waals surface area contributed by atoms with Gasteiger partial charge in [0.2, 0.25) is 11.8 Å². The molecule has 23 heavy (non-hydrogen) atoms. The lowest BCUT2D eigenvalue weighted by atomic mass is 9.92. The van der Waals surface area contributed by atoms with Gasteiger partial charge in [-0.1, -0.05) is 30.3 Å². The van der Waals surface area contributed by atoms with Gasteiger partial charge in [-0.15, -0.1) is 0 Å². The molecule has 0 saturated heterocycles. The molecule has 1 heterocycles. The van der Waals surface area contributed by atoms with E-state index in [9.17, 15) is 9.59 Å². The summed E-state index contributed by atoms with van der Waals surface area (Å²) in [5.74, 6) is -1.17. The topological polar surface area (TPSA) is 89.4 Å². The molecule has 0 aromatic heterocycles. The van der Waals surface area contributed by atoms with E-state index in [0.717, 1.165) is 11.1 Å². The number of benzene rings is 2. The smallest absolute Gasteiger partial charge is 0.250 e. The molecule has 0 saturated carbocycles. The molecule has 5 heteroatoms. The van der Waals surface area contributed by atoms with Crippen LogP contribution in [-0.4, -0.2) is 17.9 Å². The standard InChI is InChI=1S/C18H19N3O2/c1-10-12-6-3-4-7-13(12)16-14(20)8-5-9-15(16)21(17(10)22)18(23)11(2)19/h3-11H,19-20H2,1-2H3/t10-,11+/m1/s1. The van der Waals surface area contributed by atoms with Gasteiger partial charge in [-0.2, -0.15) is 0 Å². The molecule has 4 N–H and O–H groups in total. The first-order valence-electron chi connectivity index (χ1n) is 7.54. The van der Waals surface area contributed by atoms with Crippen LogP contribution >= 0.6 is 0 Å². The maximum Gasteiger partial charge on any atom is 0.250 e. The Bertz CT molecular complexity index is 799. The van der Waals surface area contributed by atoms with Gasteiger partial charge >= 0.3 is 0 Å². The zero-order valence-corrected chi connectivity index (χ0v) is 13.1. The van der Waals surface area contributed by atoms with Gasteiger partial charge < -0.3 is 11.5 Å². The van der Waals surface area contributed by atoms with Gasteiger partial charge in [0.25, 0.3) is 0 Å². The van der Waals surface area contributed by atoms with Crippen molar-refractivity contribution in [3.8, 4) is 11.1 Å². The van der Waals surface area contributed by atoms with Crippen molar-refractivity contribution >= 4 is 23.2 Å². The van der Waals surface area contributed by atoms with Crippen molar-refractivity contribution in [3.05, 3.63) is 48.0 Å². The second-order valence-electron chi connectivity index (χ2n) is 5.85. The summed E-state index contributed by atoms with van der Waals surface area (Å²) in [6.07, 6.45) is 0. The zero-order valence-electron chi connectivity index (χ0n) is 13.1. The molecule has 0 spiro atoms. The van der Waals surface area contributed by atoms with Gasteiger partial charge in [0.15, 0.2) is 0 Å². The van der Waals surface area contributed by atoms with Crippen LogP contribution in [-0.2, 0) is 9.59 Å². The molecule has 0 bridgehead atoms. The maximum atomic E-state index is 12.9. The highest BCUT2D eigenvalue weighted by Crippen LogP contribution is 2.43. The van der Waals surface area contributed by atoms with Crippen molar-refractivity contribution in [1.29, 1.82) is 0 Å². The molecule has 0 aliphatic carbocycles. The average molecular weight is 309 g/mol. The lowest BCUT2D eigenvalue weighted by molar-refractivity contribution is -0.127. The number of nitrogens with two attached hydrogens (primary N) is 2. The number of amides is 2. The zero-order chi connectivity index (χ0) is 16.7. The highest BCUT2D eigenvalue weighted by Gasteiger charge is 2.36. The van der Waals surface area contributed by atoms with E-state index in [1.165, 1.54) is 4.90 Å². The Hall–Kier alpha value is -2.66. The maximum absolute atomic E-state index is 12.9. The van der Waals surface area contributed by atoms with Gasteiger partial charge in [0, 0.05) is 11.3 Å². The van der Waals surface area contributed by atoms with Crippen molar-refractivity contribution in [2.75, 3.05) is 10.6 Å². The molecule has 1 aliphatic rings. The molecule has 2 aromatic rings. The van der Waals surface area contributed by atoms with E-state index in [0.29, 0.717) is 16.9 Å². The van der Waals surface area contributed by atoms with Crippen LogP contribution in [0.25, 0.3) is 11.1 Å². The van der Waals surface area contributed by atoms with Gasteiger partial charge in [-0.05, 0) is 37.1 Å². The van der Waals surface area contributed by atoms with Crippen LogP contribution in [0.5, 0.6) is 0 Å². The van der Waals surface area contributed by atoms with E-state index in [-0.39, 0.29) is 5.91 Å². The predicted octanol–water partition coefficient (Wildman–Crippen LogP) is 2.26. The van der Waals surface area contributed by atoms with Gasteiger partial charge in [-0.25, -0.2) is 4.90 Å². The van der Waals surface area contributed by atoms with Crippen molar-refractivity contribution in [2.45, 2.75) is 25.8 Å². The number of carbonyl (C=O) groups excluding carboxylic acids is 2. The van der Waals surface area contributed by atoms with Crippen molar-refractivity contribution in [3.63, 3.8) is 0 Å². The normalized spacial score (nSPS) is 18.0. The number of anilines is 2. The highest BCUT2D eigenvalue weighted by molar-refractivity contribution is 6.22. The third kappa shape index (κ3) is 2.29. The van der Waals surface area contributed by atoms with Gasteiger partial charge in [0.1, 0.15) is 0 Å². The van der Waals surface area contributed by atoms with Crippen molar-refractivity contribution in [1.82, 2.24) is 0 Å². The number of fused-ring (bicyclic) bond motifs is 3. The Balaban J connectivity index is 2.36. The summed E-state index contributed by atoms with van der Waals surface area (Å²) >= 11 is 0. The summed E-state index contributed by atoms with van der Waals surface area (Å²) in [7, 11) is 0. The van der Waals surface area contributed by atoms with Crippen LogP contribution in [0.4, 0.5) is 11.4 Å². The molecule has 0 radical (unpaired) electrons. The van der Waals surface area contributed by atoms with Crippen LogP contribution in [0.2, 0.25) is 0 Å². The summed E-state index contributed by atoms with van der Waals surface area (Å²) in [5.41, 5.74) is 15.4. The van der Waals surface area contributed by atoms with Crippen molar-refractivity contribution in [2.24, 2.45) is 5.73 Å².